The van der Waals surface area contributed by atoms with Crippen LogP contribution in [-0.4, -0.2) is 10.8 Å². The molecule has 0 saturated carbocycles. The van der Waals surface area contributed by atoms with Crippen molar-refractivity contribution < 1.29 is 4.79 Å². The standard InChI is InChI=1S/C16H16N2O/c1-9-12(10(2)19)7-13-11-5-3-4-6-15(11)18-16(13)14(9)8-17/h3-6,9,12,14,18H,7H2,1-2H3/t9-,12-,14-/m1/s1. The second-order valence-electron chi connectivity index (χ2n) is 5.45. The summed E-state index contributed by atoms with van der Waals surface area (Å²) >= 11 is 0. The van der Waals surface area contributed by atoms with Crippen LogP contribution in [0.4, 0.5) is 0 Å². The van der Waals surface area contributed by atoms with Gasteiger partial charge in [0.2, 0.25) is 0 Å². The van der Waals surface area contributed by atoms with E-state index >= 15 is 0 Å². The minimum Gasteiger partial charge on any atom is -0.357 e. The van der Waals surface area contributed by atoms with E-state index in [1.54, 1.807) is 6.92 Å². The van der Waals surface area contributed by atoms with E-state index in [0.29, 0.717) is 0 Å². The molecule has 3 heteroatoms. The summed E-state index contributed by atoms with van der Waals surface area (Å²) in [4.78, 5) is 15.2. The van der Waals surface area contributed by atoms with E-state index in [4.69, 9.17) is 0 Å². The van der Waals surface area contributed by atoms with Crippen molar-refractivity contribution in [1.29, 1.82) is 5.26 Å². The van der Waals surface area contributed by atoms with Crippen molar-refractivity contribution in [3.05, 3.63) is 35.5 Å². The summed E-state index contributed by atoms with van der Waals surface area (Å²) in [6, 6.07) is 10.4. The Labute approximate surface area is 112 Å². The molecule has 0 bridgehead atoms. The van der Waals surface area contributed by atoms with Crippen LogP contribution in [0.3, 0.4) is 0 Å². The van der Waals surface area contributed by atoms with Gasteiger partial charge in [0.15, 0.2) is 0 Å². The third-order valence-electron chi connectivity index (χ3n) is 4.40. The first-order chi connectivity index (χ1) is 9.13. The number of rotatable bonds is 1. The molecule has 1 aliphatic rings. The Morgan fingerprint density at radius 1 is 1.42 bits per heavy atom. The first-order valence-corrected chi connectivity index (χ1v) is 6.63. The van der Waals surface area contributed by atoms with Crippen molar-refractivity contribution >= 4 is 16.7 Å². The molecule has 0 saturated heterocycles. The number of benzene rings is 1. The lowest BCUT2D eigenvalue weighted by Gasteiger charge is -2.31. The van der Waals surface area contributed by atoms with Gasteiger partial charge in [0.25, 0.3) is 0 Å². The Balaban J connectivity index is 2.23. The Hall–Kier alpha value is -2.08. The van der Waals surface area contributed by atoms with E-state index in [0.717, 1.165) is 28.6 Å². The number of carbonyl (C=O) groups excluding carboxylic acids is 1. The van der Waals surface area contributed by atoms with Gasteiger partial charge in [-0.15, -0.1) is 0 Å². The van der Waals surface area contributed by atoms with Gasteiger partial charge in [-0.05, 0) is 30.9 Å². The lowest BCUT2D eigenvalue weighted by Crippen LogP contribution is -2.31. The largest absolute Gasteiger partial charge is 0.357 e. The van der Waals surface area contributed by atoms with Gasteiger partial charge in [-0.1, -0.05) is 25.1 Å². The number of hydrogen-bond acceptors (Lipinski definition) is 2. The van der Waals surface area contributed by atoms with Crippen LogP contribution < -0.4 is 0 Å². The van der Waals surface area contributed by atoms with Crippen LogP contribution in [0.2, 0.25) is 0 Å². The first kappa shape index (κ1) is 12.0. The number of H-pyrrole nitrogens is 1. The molecule has 1 N–H and O–H groups in total. The molecule has 19 heavy (non-hydrogen) atoms. The lowest BCUT2D eigenvalue weighted by atomic mass is 9.71. The summed E-state index contributed by atoms with van der Waals surface area (Å²) in [6.45, 7) is 3.64. The smallest absolute Gasteiger partial charge is 0.133 e. The number of fused-ring (bicyclic) bond motifs is 3. The topological polar surface area (TPSA) is 56.6 Å². The monoisotopic (exact) mass is 252 g/mol. The maximum Gasteiger partial charge on any atom is 0.133 e. The molecule has 0 radical (unpaired) electrons. The summed E-state index contributed by atoms with van der Waals surface area (Å²) in [6.07, 6.45) is 0.744. The van der Waals surface area contributed by atoms with Gasteiger partial charge in [-0.2, -0.15) is 5.26 Å². The number of carbonyl (C=O) groups is 1. The van der Waals surface area contributed by atoms with Crippen LogP contribution in [-0.2, 0) is 11.2 Å². The van der Waals surface area contributed by atoms with E-state index < -0.39 is 0 Å². The first-order valence-electron chi connectivity index (χ1n) is 6.63. The number of Topliss-reactive ketones (excluding diaryl/α,β-unsaturated/α-hetero) is 1. The SMILES string of the molecule is CC(=O)[C@@H]1Cc2c([nH]c3ccccc23)[C@H](C#N)[C@@H]1C. The van der Waals surface area contributed by atoms with Crippen LogP contribution in [0.1, 0.15) is 31.0 Å². The van der Waals surface area contributed by atoms with Gasteiger partial charge in [0.1, 0.15) is 5.78 Å². The summed E-state index contributed by atoms with van der Waals surface area (Å²) in [5.74, 6) is -0.00634. The molecule has 0 aliphatic heterocycles. The lowest BCUT2D eigenvalue weighted by molar-refractivity contribution is -0.122. The summed E-state index contributed by atoms with van der Waals surface area (Å²) in [5, 5.41) is 10.6. The third kappa shape index (κ3) is 1.67. The number of aromatic nitrogens is 1. The molecule has 96 valence electrons. The zero-order valence-corrected chi connectivity index (χ0v) is 11.1. The van der Waals surface area contributed by atoms with Crippen molar-refractivity contribution in [1.82, 2.24) is 4.98 Å². The molecule has 1 aromatic heterocycles. The number of hydrogen-bond donors (Lipinski definition) is 1. The fourth-order valence-corrected chi connectivity index (χ4v) is 3.30. The molecular formula is C16H16N2O. The average Bonchev–Trinajstić information content (AvgIpc) is 2.76. The van der Waals surface area contributed by atoms with Gasteiger partial charge in [0.05, 0.1) is 12.0 Å². The molecule has 0 fully saturated rings. The highest BCUT2D eigenvalue weighted by Gasteiger charge is 2.38. The van der Waals surface area contributed by atoms with E-state index in [-0.39, 0.29) is 23.5 Å². The molecule has 0 amide bonds. The fraction of sp³-hybridized carbons (Fsp3) is 0.375. The minimum atomic E-state index is -0.218. The van der Waals surface area contributed by atoms with Gasteiger partial charge in [0, 0.05) is 22.5 Å². The third-order valence-corrected chi connectivity index (χ3v) is 4.40. The van der Waals surface area contributed by atoms with Gasteiger partial charge < -0.3 is 4.98 Å². The van der Waals surface area contributed by atoms with Gasteiger partial charge in [-0.25, -0.2) is 0 Å². The number of nitrogens with zero attached hydrogens (tertiary/aromatic N) is 1. The minimum absolute atomic E-state index is 0.0450. The molecule has 1 aromatic carbocycles. The molecule has 1 heterocycles. The van der Waals surface area contributed by atoms with E-state index in [1.165, 1.54) is 0 Å². The quantitative estimate of drug-likeness (QED) is 0.847. The zero-order valence-electron chi connectivity index (χ0n) is 11.1. The number of nitrogens with one attached hydrogen (secondary N) is 1. The van der Waals surface area contributed by atoms with Gasteiger partial charge >= 0.3 is 0 Å². The molecule has 1 aliphatic carbocycles. The molecule has 3 nitrogen and oxygen atoms in total. The number of ketones is 1. The zero-order chi connectivity index (χ0) is 13.6. The second kappa shape index (κ2) is 4.24. The predicted octanol–water partition coefficient (Wildman–Crippen LogP) is 3.17. The Morgan fingerprint density at radius 2 is 2.16 bits per heavy atom. The molecule has 0 unspecified atom stereocenters. The van der Waals surface area contributed by atoms with Crippen LogP contribution in [0, 0.1) is 23.2 Å². The maximum atomic E-state index is 11.8. The van der Waals surface area contributed by atoms with Crippen molar-refractivity contribution in [3.8, 4) is 6.07 Å². The van der Waals surface area contributed by atoms with Crippen molar-refractivity contribution in [2.45, 2.75) is 26.2 Å². The molecule has 3 atom stereocenters. The summed E-state index contributed by atoms with van der Waals surface area (Å²) in [5.41, 5.74) is 3.22. The van der Waals surface area contributed by atoms with Crippen LogP contribution in [0.5, 0.6) is 0 Å². The number of nitriles is 1. The van der Waals surface area contributed by atoms with Crippen molar-refractivity contribution in [2.75, 3.05) is 0 Å². The van der Waals surface area contributed by atoms with Gasteiger partial charge in [-0.3, -0.25) is 4.79 Å². The predicted molar refractivity (Wildman–Crippen MR) is 73.7 cm³/mol. The second-order valence-corrected chi connectivity index (χ2v) is 5.45. The van der Waals surface area contributed by atoms with E-state index in [9.17, 15) is 10.1 Å². The summed E-state index contributed by atoms with van der Waals surface area (Å²) in [7, 11) is 0. The highest BCUT2D eigenvalue weighted by molar-refractivity contribution is 5.87. The molecule has 2 aromatic rings. The van der Waals surface area contributed by atoms with Crippen molar-refractivity contribution in [2.24, 2.45) is 11.8 Å². The molecule has 0 spiro atoms. The fourth-order valence-electron chi connectivity index (χ4n) is 3.30. The van der Waals surface area contributed by atoms with E-state index in [1.807, 2.05) is 25.1 Å². The van der Waals surface area contributed by atoms with Crippen LogP contribution in [0.15, 0.2) is 24.3 Å². The van der Waals surface area contributed by atoms with E-state index in [2.05, 4.69) is 17.1 Å². The summed E-state index contributed by atoms with van der Waals surface area (Å²) < 4.78 is 0. The molecular weight excluding hydrogens is 236 g/mol. The number of para-hydroxylation sites is 1. The highest BCUT2D eigenvalue weighted by atomic mass is 16.1. The Kier molecular flexibility index (Phi) is 2.67. The Morgan fingerprint density at radius 3 is 2.84 bits per heavy atom. The number of aromatic amines is 1. The maximum absolute atomic E-state index is 11.8. The Bertz CT molecular complexity index is 692. The average molecular weight is 252 g/mol. The normalized spacial score (nSPS) is 25.8. The van der Waals surface area contributed by atoms with Crippen LogP contribution >= 0.6 is 0 Å². The van der Waals surface area contributed by atoms with Crippen molar-refractivity contribution in [3.63, 3.8) is 0 Å². The van der Waals surface area contributed by atoms with Crippen LogP contribution in [0.25, 0.3) is 10.9 Å². The molecule has 3 rings (SSSR count). The highest BCUT2D eigenvalue weighted by Crippen LogP contribution is 2.42.